The molecular weight excluding hydrogens is 224 g/mol. The minimum Gasteiger partial charge on any atom is -0.382 e. The quantitative estimate of drug-likeness (QED) is 0.543. The maximum Gasteiger partial charge on any atom is 0.0466 e. The number of unbranched alkanes of at least 4 members (excludes halogenated alkanes) is 1. The molecule has 0 bridgehead atoms. The molecule has 0 saturated heterocycles. The van der Waals surface area contributed by atoms with E-state index < -0.39 is 0 Å². The number of ether oxygens (including phenoxy) is 1. The lowest BCUT2D eigenvalue weighted by atomic mass is 9.85. The van der Waals surface area contributed by atoms with Crippen molar-refractivity contribution in [2.24, 2.45) is 5.92 Å². The van der Waals surface area contributed by atoms with Gasteiger partial charge in [0.25, 0.3) is 0 Å². The molecule has 0 aromatic rings. The summed E-state index contributed by atoms with van der Waals surface area (Å²) in [5, 5.41) is 3.54. The van der Waals surface area contributed by atoms with Gasteiger partial charge in [0.1, 0.15) is 0 Å². The first-order chi connectivity index (χ1) is 8.86. The molecule has 1 saturated carbocycles. The molecule has 1 aliphatic rings. The van der Waals surface area contributed by atoms with Gasteiger partial charge in [0.2, 0.25) is 0 Å². The highest BCUT2D eigenvalue weighted by Crippen LogP contribution is 2.26. The van der Waals surface area contributed by atoms with Crippen LogP contribution in [0, 0.1) is 5.92 Å². The lowest BCUT2D eigenvalue weighted by Crippen LogP contribution is -2.37. The fourth-order valence-electron chi connectivity index (χ4n) is 2.38. The van der Waals surface area contributed by atoms with Crippen LogP contribution in [0.15, 0.2) is 0 Å². The molecule has 1 fully saturated rings. The van der Waals surface area contributed by atoms with Crippen molar-refractivity contribution in [3.05, 3.63) is 0 Å². The van der Waals surface area contributed by atoms with E-state index in [0.717, 1.165) is 32.2 Å². The summed E-state index contributed by atoms with van der Waals surface area (Å²) in [7, 11) is 0. The van der Waals surface area contributed by atoms with Crippen molar-refractivity contribution in [3.8, 4) is 0 Å². The van der Waals surface area contributed by atoms with E-state index in [1.54, 1.807) is 0 Å². The Labute approximate surface area is 113 Å². The lowest BCUT2D eigenvalue weighted by molar-refractivity contribution is 0.143. The van der Waals surface area contributed by atoms with Crippen LogP contribution in [0.1, 0.15) is 46.0 Å². The van der Waals surface area contributed by atoms with Crippen LogP contribution in [-0.4, -0.2) is 50.8 Å². The Balaban J connectivity index is 1.85. The molecule has 1 aliphatic carbocycles. The average molecular weight is 256 g/mol. The summed E-state index contributed by atoms with van der Waals surface area (Å²) < 4.78 is 5.32. The van der Waals surface area contributed by atoms with Crippen LogP contribution in [-0.2, 0) is 4.74 Å². The zero-order valence-corrected chi connectivity index (χ0v) is 12.4. The van der Waals surface area contributed by atoms with E-state index in [9.17, 15) is 0 Å². The van der Waals surface area contributed by atoms with Gasteiger partial charge in [-0.3, -0.25) is 0 Å². The largest absolute Gasteiger partial charge is 0.382 e. The Hall–Kier alpha value is -0.120. The van der Waals surface area contributed by atoms with Gasteiger partial charge in [-0.15, -0.1) is 0 Å². The highest BCUT2D eigenvalue weighted by Gasteiger charge is 2.19. The van der Waals surface area contributed by atoms with E-state index in [1.165, 1.54) is 51.7 Å². The predicted octanol–water partition coefficient (Wildman–Crippen LogP) is 2.51. The molecule has 0 aliphatic heterocycles. The highest BCUT2D eigenvalue weighted by molar-refractivity contribution is 4.73. The predicted molar refractivity (Wildman–Crippen MR) is 78.1 cm³/mol. The first-order valence-electron chi connectivity index (χ1n) is 7.87. The third kappa shape index (κ3) is 7.34. The lowest BCUT2D eigenvalue weighted by Gasteiger charge is -2.31. The van der Waals surface area contributed by atoms with Crippen molar-refractivity contribution in [3.63, 3.8) is 0 Å². The molecule has 1 rings (SSSR count). The van der Waals surface area contributed by atoms with Gasteiger partial charge in [-0.1, -0.05) is 13.3 Å². The first kappa shape index (κ1) is 15.9. The summed E-state index contributed by atoms with van der Waals surface area (Å²) in [5.74, 6) is 0.996. The molecule has 0 radical (unpaired) electrons. The topological polar surface area (TPSA) is 24.5 Å². The van der Waals surface area contributed by atoms with Crippen molar-refractivity contribution in [1.29, 1.82) is 0 Å². The molecule has 0 amide bonds. The van der Waals surface area contributed by atoms with Crippen molar-refractivity contribution in [2.45, 2.75) is 46.0 Å². The third-order valence-corrected chi connectivity index (χ3v) is 3.89. The minimum atomic E-state index is 0.847. The Bertz CT molecular complexity index is 183. The summed E-state index contributed by atoms with van der Waals surface area (Å²) in [5.41, 5.74) is 0. The van der Waals surface area contributed by atoms with Gasteiger partial charge in [-0.25, -0.2) is 0 Å². The van der Waals surface area contributed by atoms with Crippen LogP contribution in [0.25, 0.3) is 0 Å². The van der Waals surface area contributed by atoms with Gasteiger partial charge in [-0.05, 0) is 51.6 Å². The molecular formula is C15H32N2O. The summed E-state index contributed by atoms with van der Waals surface area (Å²) in [6.07, 6.45) is 6.79. The number of likely N-dealkylation sites (N-methyl/N-ethyl adjacent to an activating group) is 1. The smallest absolute Gasteiger partial charge is 0.0466 e. The molecule has 0 atom stereocenters. The number of rotatable bonds is 12. The normalized spacial score (nSPS) is 16.2. The van der Waals surface area contributed by atoms with Crippen molar-refractivity contribution < 1.29 is 4.74 Å². The van der Waals surface area contributed by atoms with Crippen molar-refractivity contribution >= 4 is 0 Å². The molecule has 1 N–H and O–H groups in total. The molecule has 0 aromatic heterocycles. The molecule has 108 valence electrons. The zero-order valence-electron chi connectivity index (χ0n) is 12.4. The average Bonchev–Trinajstić information content (AvgIpc) is 2.34. The number of hydrogen-bond acceptors (Lipinski definition) is 3. The number of nitrogens with one attached hydrogen (secondary N) is 1. The molecule has 0 spiro atoms. The molecule has 0 heterocycles. The summed E-state index contributed by atoms with van der Waals surface area (Å²) in [4.78, 5) is 2.59. The maximum absolute atomic E-state index is 5.32. The second-order valence-electron chi connectivity index (χ2n) is 5.34. The van der Waals surface area contributed by atoms with Crippen LogP contribution in [0.2, 0.25) is 0 Å². The first-order valence-corrected chi connectivity index (χ1v) is 7.87. The zero-order chi connectivity index (χ0) is 13.1. The maximum atomic E-state index is 5.32. The SMILES string of the molecule is CCOCCCCNCCN(CC)CC1CCC1. The Morgan fingerprint density at radius 3 is 2.61 bits per heavy atom. The van der Waals surface area contributed by atoms with Crippen LogP contribution in [0.3, 0.4) is 0 Å². The van der Waals surface area contributed by atoms with Crippen molar-refractivity contribution in [2.75, 3.05) is 45.9 Å². The highest BCUT2D eigenvalue weighted by atomic mass is 16.5. The van der Waals surface area contributed by atoms with Crippen LogP contribution >= 0.6 is 0 Å². The Kier molecular flexibility index (Phi) is 9.54. The molecule has 3 heteroatoms. The second kappa shape index (κ2) is 10.8. The summed E-state index contributed by atoms with van der Waals surface area (Å²) in [6.45, 7) is 12.1. The van der Waals surface area contributed by atoms with E-state index in [2.05, 4.69) is 24.1 Å². The fraction of sp³-hybridized carbons (Fsp3) is 1.00. The van der Waals surface area contributed by atoms with Gasteiger partial charge in [0.05, 0.1) is 0 Å². The van der Waals surface area contributed by atoms with Gasteiger partial charge < -0.3 is 15.0 Å². The van der Waals surface area contributed by atoms with Gasteiger partial charge in [0.15, 0.2) is 0 Å². The van der Waals surface area contributed by atoms with Gasteiger partial charge in [-0.2, -0.15) is 0 Å². The van der Waals surface area contributed by atoms with E-state index in [-0.39, 0.29) is 0 Å². The van der Waals surface area contributed by atoms with Crippen LogP contribution in [0.4, 0.5) is 0 Å². The minimum absolute atomic E-state index is 0.847. The molecule has 0 aromatic carbocycles. The third-order valence-electron chi connectivity index (χ3n) is 3.89. The Morgan fingerprint density at radius 1 is 1.17 bits per heavy atom. The molecule has 0 unspecified atom stereocenters. The Morgan fingerprint density at radius 2 is 2.00 bits per heavy atom. The van der Waals surface area contributed by atoms with E-state index >= 15 is 0 Å². The standard InChI is InChI=1S/C15H32N2O/c1-3-17(14-15-8-7-9-15)12-11-16-10-5-6-13-18-4-2/h15-16H,3-14H2,1-2H3. The van der Waals surface area contributed by atoms with Crippen LogP contribution in [0.5, 0.6) is 0 Å². The summed E-state index contributed by atoms with van der Waals surface area (Å²) in [6, 6.07) is 0. The fourth-order valence-corrected chi connectivity index (χ4v) is 2.38. The monoisotopic (exact) mass is 256 g/mol. The van der Waals surface area contributed by atoms with E-state index in [4.69, 9.17) is 4.74 Å². The molecule has 3 nitrogen and oxygen atoms in total. The van der Waals surface area contributed by atoms with E-state index in [1.807, 2.05) is 0 Å². The van der Waals surface area contributed by atoms with Gasteiger partial charge >= 0.3 is 0 Å². The molecule has 18 heavy (non-hydrogen) atoms. The van der Waals surface area contributed by atoms with Crippen LogP contribution < -0.4 is 5.32 Å². The number of hydrogen-bond donors (Lipinski definition) is 1. The summed E-state index contributed by atoms with van der Waals surface area (Å²) >= 11 is 0. The van der Waals surface area contributed by atoms with E-state index in [0.29, 0.717) is 0 Å². The second-order valence-corrected chi connectivity index (χ2v) is 5.34. The van der Waals surface area contributed by atoms with Crippen molar-refractivity contribution in [1.82, 2.24) is 10.2 Å². The van der Waals surface area contributed by atoms with Gasteiger partial charge in [0, 0.05) is 32.8 Å². The number of nitrogens with zero attached hydrogens (tertiary/aromatic N) is 1.